The first-order valence-electron chi connectivity index (χ1n) is 5.74. The maximum absolute atomic E-state index is 11.9. The van der Waals surface area contributed by atoms with Crippen LogP contribution in [0.25, 0.3) is 0 Å². The minimum absolute atomic E-state index is 0.106. The molecular weight excluding hydrogens is 210 g/mol. The highest BCUT2D eigenvalue weighted by atomic mass is 32.2. The first-order valence-corrected chi connectivity index (χ1v) is 6.78. The molecule has 1 heterocycles. The van der Waals surface area contributed by atoms with E-state index in [0.29, 0.717) is 13.2 Å². The molecule has 1 aliphatic heterocycles. The van der Waals surface area contributed by atoms with Crippen molar-refractivity contribution < 1.29 is 9.53 Å². The van der Waals surface area contributed by atoms with Crippen molar-refractivity contribution >= 4 is 17.7 Å². The van der Waals surface area contributed by atoms with E-state index in [1.807, 2.05) is 11.8 Å². The predicted molar refractivity (Wildman–Crippen MR) is 64.2 cm³/mol. The van der Waals surface area contributed by atoms with E-state index >= 15 is 0 Å². The van der Waals surface area contributed by atoms with Crippen LogP contribution in [0.2, 0.25) is 0 Å². The third-order valence-electron chi connectivity index (χ3n) is 2.54. The van der Waals surface area contributed by atoms with E-state index in [-0.39, 0.29) is 11.2 Å². The van der Waals surface area contributed by atoms with Gasteiger partial charge in [0, 0.05) is 13.1 Å². The molecule has 0 N–H and O–H groups in total. The van der Waals surface area contributed by atoms with Crippen LogP contribution in [-0.4, -0.2) is 48.1 Å². The van der Waals surface area contributed by atoms with Gasteiger partial charge in [0.05, 0.1) is 18.5 Å². The maximum atomic E-state index is 11.9. The Balaban J connectivity index is 2.24. The van der Waals surface area contributed by atoms with Crippen LogP contribution in [-0.2, 0) is 9.53 Å². The summed E-state index contributed by atoms with van der Waals surface area (Å²) < 4.78 is 5.23. The standard InChI is InChI=1S/C11H21NO2S/c1-3-4-9-15-10(2)11(13)12-5-7-14-8-6-12/h10H,3-9H2,1-2H3. The lowest BCUT2D eigenvalue weighted by Gasteiger charge is -2.29. The third kappa shape index (κ3) is 4.43. The molecule has 0 aliphatic carbocycles. The van der Waals surface area contributed by atoms with Crippen LogP contribution in [0.1, 0.15) is 26.7 Å². The van der Waals surface area contributed by atoms with E-state index in [4.69, 9.17) is 4.74 Å². The van der Waals surface area contributed by atoms with Gasteiger partial charge >= 0.3 is 0 Å². The van der Waals surface area contributed by atoms with Gasteiger partial charge < -0.3 is 9.64 Å². The third-order valence-corrected chi connectivity index (χ3v) is 3.76. The number of hydrogen-bond donors (Lipinski definition) is 0. The Labute approximate surface area is 96.5 Å². The van der Waals surface area contributed by atoms with Crippen molar-refractivity contribution in [1.82, 2.24) is 4.90 Å². The minimum Gasteiger partial charge on any atom is -0.378 e. The highest BCUT2D eigenvalue weighted by Crippen LogP contribution is 2.15. The molecule has 0 radical (unpaired) electrons. The minimum atomic E-state index is 0.106. The largest absolute Gasteiger partial charge is 0.378 e. The summed E-state index contributed by atoms with van der Waals surface area (Å²) in [7, 11) is 0. The summed E-state index contributed by atoms with van der Waals surface area (Å²) in [5, 5.41) is 0.106. The van der Waals surface area contributed by atoms with E-state index in [2.05, 4.69) is 6.92 Å². The Morgan fingerprint density at radius 1 is 1.47 bits per heavy atom. The van der Waals surface area contributed by atoms with Crippen molar-refractivity contribution in [3.63, 3.8) is 0 Å². The Hall–Kier alpha value is -0.220. The van der Waals surface area contributed by atoms with Gasteiger partial charge in [-0.1, -0.05) is 13.3 Å². The lowest BCUT2D eigenvalue weighted by atomic mass is 10.3. The van der Waals surface area contributed by atoms with Gasteiger partial charge in [0.25, 0.3) is 0 Å². The zero-order valence-corrected chi connectivity index (χ0v) is 10.5. The molecule has 0 saturated carbocycles. The van der Waals surface area contributed by atoms with Crippen LogP contribution in [0, 0.1) is 0 Å². The number of carbonyl (C=O) groups excluding carboxylic acids is 1. The van der Waals surface area contributed by atoms with Gasteiger partial charge in [0.15, 0.2) is 0 Å². The predicted octanol–water partition coefficient (Wildman–Crippen LogP) is 1.77. The molecule has 1 fully saturated rings. The molecule has 1 aliphatic rings. The second kappa shape index (κ2) is 7.12. The Morgan fingerprint density at radius 2 is 2.13 bits per heavy atom. The monoisotopic (exact) mass is 231 g/mol. The van der Waals surface area contributed by atoms with Gasteiger partial charge in [-0.2, -0.15) is 0 Å². The smallest absolute Gasteiger partial charge is 0.235 e. The summed E-state index contributed by atoms with van der Waals surface area (Å²) in [6.07, 6.45) is 2.40. The molecule has 1 amide bonds. The quantitative estimate of drug-likeness (QED) is 0.675. The van der Waals surface area contributed by atoms with Gasteiger partial charge in [-0.05, 0) is 19.1 Å². The molecule has 0 bridgehead atoms. The van der Waals surface area contributed by atoms with Crippen molar-refractivity contribution in [3.8, 4) is 0 Å². The average molecular weight is 231 g/mol. The van der Waals surface area contributed by atoms with Crippen LogP contribution in [0.5, 0.6) is 0 Å². The number of rotatable bonds is 5. The second-order valence-electron chi connectivity index (χ2n) is 3.80. The SMILES string of the molecule is CCCCSC(C)C(=O)N1CCOCC1. The van der Waals surface area contributed by atoms with Gasteiger partial charge in [-0.15, -0.1) is 11.8 Å². The van der Waals surface area contributed by atoms with Crippen molar-refractivity contribution in [2.24, 2.45) is 0 Å². The van der Waals surface area contributed by atoms with Crippen molar-refractivity contribution in [2.45, 2.75) is 31.9 Å². The number of unbranched alkanes of at least 4 members (excludes halogenated alkanes) is 1. The molecule has 88 valence electrons. The molecule has 0 spiro atoms. The zero-order valence-electron chi connectivity index (χ0n) is 9.70. The number of nitrogens with zero attached hydrogens (tertiary/aromatic N) is 1. The van der Waals surface area contributed by atoms with E-state index in [9.17, 15) is 4.79 Å². The van der Waals surface area contributed by atoms with Crippen LogP contribution < -0.4 is 0 Å². The van der Waals surface area contributed by atoms with Crippen molar-refractivity contribution in [1.29, 1.82) is 0 Å². The maximum Gasteiger partial charge on any atom is 0.235 e. The summed E-state index contributed by atoms with van der Waals surface area (Å²) >= 11 is 1.77. The fourth-order valence-electron chi connectivity index (χ4n) is 1.52. The topological polar surface area (TPSA) is 29.5 Å². The highest BCUT2D eigenvalue weighted by Gasteiger charge is 2.22. The van der Waals surface area contributed by atoms with Gasteiger partial charge in [0.1, 0.15) is 0 Å². The first kappa shape index (κ1) is 12.8. The van der Waals surface area contributed by atoms with Gasteiger partial charge in [0.2, 0.25) is 5.91 Å². The summed E-state index contributed by atoms with van der Waals surface area (Å²) in [4.78, 5) is 13.9. The number of carbonyl (C=O) groups is 1. The van der Waals surface area contributed by atoms with E-state index in [0.717, 1.165) is 18.8 Å². The van der Waals surface area contributed by atoms with E-state index in [1.165, 1.54) is 12.8 Å². The average Bonchev–Trinajstić information content (AvgIpc) is 2.29. The molecular formula is C11H21NO2S. The highest BCUT2D eigenvalue weighted by molar-refractivity contribution is 8.00. The number of ether oxygens (including phenoxy) is 1. The fraction of sp³-hybridized carbons (Fsp3) is 0.909. The lowest BCUT2D eigenvalue weighted by Crippen LogP contribution is -2.44. The van der Waals surface area contributed by atoms with Crippen LogP contribution in [0.3, 0.4) is 0 Å². The van der Waals surface area contributed by atoms with Crippen molar-refractivity contribution in [3.05, 3.63) is 0 Å². The number of hydrogen-bond acceptors (Lipinski definition) is 3. The van der Waals surface area contributed by atoms with Gasteiger partial charge in [-0.3, -0.25) is 4.79 Å². The first-order chi connectivity index (χ1) is 7.25. The normalized spacial score (nSPS) is 18.9. The number of thioether (sulfide) groups is 1. The molecule has 1 saturated heterocycles. The summed E-state index contributed by atoms with van der Waals surface area (Å²) in [5.74, 6) is 1.37. The second-order valence-corrected chi connectivity index (χ2v) is 5.25. The number of morpholine rings is 1. The Bertz CT molecular complexity index is 193. The molecule has 0 aromatic heterocycles. The molecule has 4 heteroatoms. The van der Waals surface area contributed by atoms with Crippen LogP contribution in [0.15, 0.2) is 0 Å². The van der Waals surface area contributed by atoms with E-state index in [1.54, 1.807) is 11.8 Å². The summed E-state index contributed by atoms with van der Waals surface area (Å²) in [6.45, 7) is 7.10. The Kier molecular flexibility index (Phi) is 6.10. The molecule has 1 unspecified atom stereocenters. The van der Waals surface area contributed by atoms with Crippen LogP contribution >= 0.6 is 11.8 Å². The number of amides is 1. The van der Waals surface area contributed by atoms with E-state index < -0.39 is 0 Å². The molecule has 15 heavy (non-hydrogen) atoms. The summed E-state index contributed by atoms with van der Waals surface area (Å²) in [6, 6.07) is 0. The van der Waals surface area contributed by atoms with Crippen molar-refractivity contribution in [2.75, 3.05) is 32.1 Å². The molecule has 1 rings (SSSR count). The summed E-state index contributed by atoms with van der Waals surface area (Å²) in [5.41, 5.74) is 0. The molecule has 3 nitrogen and oxygen atoms in total. The van der Waals surface area contributed by atoms with Crippen LogP contribution in [0.4, 0.5) is 0 Å². The zero-order chi connectivity index (χ0) is 11.1. The molecule has 1 atom stereocenters. The molecule has 0 aromatic rings. The molecule has 0 aromatic carbocycles. The Morgan fingerprint density at radius 3 is 2.73 bits per heavy atom. The van der Waals surface area contributed by atoms with Gasteiger partial charge in [-0.25, -0.2) is 0 Å². The fourth-order valence-corrected chi connectivity index (χ4v) is 2.62. The lowest BCUT2D eigenvalue weighted by molar-refractivity contribution is -0.134.